The van der Waals surface area contributed by atoms with E-state index in [-0.39, 0.29) is 17.7 Å². The van der Waals surface area contributed by atoms with Crippen LogP contribution in [0.4, 0.5) is 4.39 Å². The third-order valence-corrected chi connectivity index (χ3v) is 5.69. The van der Waals surface area contributed by atoms with E-state index in [4.69, 9.17) is 0 Å². The van der Waals surface area contributed by atoms with Crippen molar-refractivity contribution in [3.8, 4) is 6.07 Å². The molecule has 96 valence electrons. The fourth-order valence-electron chi connectivity index (χ4n) is 2.14. The standard InChI is InChI=1S/C12H13FN2O2S/c13-10-3-1-2-4-11(10)18(16,17)12(9-14)5-7-15-8-6-12/h1-4,15H,5-8H2. The quantitative estimate of drug-likeness (QED) is 0.876. The topological polar surface area (TPSA) is 70.0 Å². The first-order chi connectivity index (χ1) is 8.53. The summed E-state index contributed by atoms with van der Waals surface area (Å²) < 4.78 is 37.1. The molecule has 1 aromatic rings. The van der Waals surface area contributed by atoms with E-state index in [1.165, 1.54) is 18.2 Å². The van der Waals surface area contributed by atoms with Crippen LogP contribution in [0.5, 0.6) is 0 Å². The Kier molecular flexibility index (Phi) is 3.37. The van der Waals surface area contributed by atoms with Crippen molar-refractivity contribution >= 4 is 9.84 Å². The second-order valence-corrected chi connectivity index (χ2v) is 6.52. The summed E-state index contributed by atoms with van der Waals surface area (Å²) in [6.07, 6.45) is 0.361. The zero-order chi connectivity index (χ0) is 13.2. The molecule has 0 radical (unpaired) electrons. The number of benzene rings is 1. The number of rotatable bonds is 2. The van der Waals surface area contributed by atoms with Crippen molar-refractivity contribution in [3.05, 3.63) is 30.1 Å². The number of piperidine rings is 1. The maximum atomic E-state index is 13.6. The van der Waals surface area contributed by atoms with E-state index < -0.39 is 20.4 Å². The average Bonchev–Trinajstić information content (AvgIpc) is 2.39. The number of hydrogen-bond acceptors (Lipinski definition) is 4. The van der Waals surface area contributed by atoms with Crippen LogP contribution in [0.3, 0.4) is 0 Å². The largest absolute Gasteiger partial charge is 0.317 e. The van der Waals surface area contributed by atoms with Gasteiger partial charge in [0.2, 0.25) is 0 Å². The van der Waals surface area contributed by atoms with E-state index in [0.29, 0.717) is 13.1 Å². The van der Waals surface area contributed by atoms with Crippen molar-refractivity contribution in [1.82, 2.24) is 5.32 Å². The molecule has 0 unspecified atom stereocenters. The van der Waals surface area contributed by atoms with Crippen LogP contribution in [-0.2, 0) is 9.84 Å². The Bertz CT molecular complexity index is 586. The molecule has 1 N–H and O–H groups in total. The molecule has 1 aliphatic heterocycles. The van der Waals surface area contributed by atoms with Crippen molar-refractivity contribution in [3.63, 3.8) is 0 Å². The van der Waals surface area contributed by atoms with Crippen LogP contribution >= 0.6 is 0 Å². The highest BCUT2D eigenvalue weighted by molar-refractivity contribution is 7.93. The number of sulfone groups is 1. The van der Waals surface area contributed by atoms with Gasteiger partial charge in [-0.3, -0.25) is 0 Å². The molecule has 1 aromatic carbocycles. The summed E-state index contributed by atoms with van der Waals surface area (Å²) in [6.45, 7) is 0.891. The lowest BCUT2D eigenvalue weighted by Gasteiger charge is -2.30. The number of halogens is 1. The van der Waals surface area contributed by atoms with Gasteiger partial charge in [-0.1, -0.05) is 12.1 Å². The number of nitrogens with zero attached hydrogens (tertiary/aromatic N) is 1. The Labute approximate surface area is 105 Å². The molecule has 2 rings (SSSR count). The third-order valence-electron chi connectivity index (χ3n) is 3.26. The van der Waals surface area contributed by atoms with Gasteiger partial charge in [-0.05, 0) is 38.1 Å². The van der Waals surface area contributed by atoms with E-state index in [2.05, 4.69) is 5.32 Å². The SMILES string of the molecule is N#CC1(S(=O)(=O)c2ccccc2F)CCNCC1. The second-order valence-electron chi connectivity index (χ2n) is 4.29. The Balaban J connectivity index is 2.55. The van der Waals surface area contributed by atoms with Gasteiger partial charge < -0.3 is 5.32 Å². The molecular formula is C12H13FN2O2S. The Morgan fingerprint density at radius 2 is 1.89 bits per heavy atom. The van der Waals surface area contributed by atoms with Crippen LogP contribution in [0, 0.1) is 17.1 Å². The Morgan fingerprint density at radius 3 is 2.44 bits per heavy atom. The summed E-state index contributed by atoms with van der Waals surface area (Å²) in [5, 5.41) is 12.3. The molecule has 0 atom stereocenters. The molecule has 0 saturated carbocycles. The minimum Gasteiger partial charge on any atom is -0.317 e. The highest BCUT2D eigenvalue weighted by Crippen LogP contribution is 2.34. The fraction of sp³-hybridized carbons (Fsp3) is 0.417. The van der Waals surface area contributed by atoms with E-state index >= 15 is 0 Å². The Hall–Kier alpha value is -1.45. The van der Waals surface area contributed by atoms with Crippen molar-refractivity contribution in [2.45, 2.75) is 22.5 Å². The molecule has 0 bridgehead atoms. The first-order valence-corrected chi connectivity index (χ1v) is 7.13. The van der Waals surface area contributed by atoms with Gasteiger partial charge in [0, 0.05) is 0 Å². The molecule has 1 aliphatic rings. The molecular weight excluding hydrogens is 255 g/mol. The highest BCUT2D eigenvalue weighted by Gasteiger charge is 2.46. The molecule has 18 heavy (non-hydrogen) atoms. The lowest BCUT2D eigenvalue weighted by Crippen LogP contribution is -2.46. The third kappa shape index (κ3) is 1.89. The summed E-state index contributed by atoms with van der Waals surface area (Å²) in [4.78, 5) is -0.381. The fourth-order valence-corrected chi connectivity index (χ4v) is 4.01. The summed E-state index contributed by atoms with van der Waals surface area (Å²) >= 11 is 0. The van der Waals surface area contributed by atoms with Crippen LogP contribution in [0.15, 0.2) is 29.2 Å². The second kappa shape index (κ2) is 4.67. The van der Waals surface area contributed by atoms with Crippen molar-refractivity contribution < 1.29 is 12.8 Å². The van der Waals surface area contributed by atoms with E-state index in [1.54, 1.807) is 0 Å². The first kappa shape index (κ1) is 13.0. The predicted octanol–water partition coefficient (Wildman–Crippen LogP) is 1.25. The van der Waals surface area contributed by atoms with Gasteiger partial charge in [-0.15, -0.1) is 0 Å². The van der Waals surface area contributed by atoms with Crippen molar-refractivity contribution in [1.29, 1.82) is 5.26 Å². The zero-order valence-electron chi connectivity index (χ0n) is 9.69. The van der Waals surface area contributed by atoms with Gasteiger partial charge >= 0.3 is 0 Å². The van der Waals surface area contributed by atoms with Crippen LogP contribution < -0.4 is 5.32 Å². The molecule has 0 aromatic heterocycles. The smallest absolute Gasteiger partial charge is 0.200 e. The van der Waals surface area contributed by atoms with E-state index in [0.717, 1.165) is 6.07 Å². The summed E-state index contributed by atoms with van der Waals surface area (Å²) in [6, 6.07) is 7.09. The summed E-state index contributed by atoms with van der Waals surface area (Å²) in [5.41, 5.74) is 0. The maximum Gasteiger partial charge on any atom is 0.200 e. The molecule has 0 spiro atoms. The van der Waals surface area contributed by atoms with Gasteiger partial charge in [-0.25, -0.2) is 12.8 Å². The molecule has 0 amide bonds. The normalized spacial score (nSPS) is 19.1. The predicted molar refractivity (Wildman–Crippen MR) is 64.0 cm³/mol. The summed E-state index contributed by atoms with van der Waals surface area (Å²) in [7, 11) is -3.98. The van der Waals surface area contributed by atoms with Crippen LogP contribution in [0.2, 0.25) is 0 Å². The van der Waals surface area contributed by atoms with Gasteiger partial charge in [0.25, 0.3) is 0 Å². The van der Waals surface area contributed by atoms with Gasteiger partial charge in [0.15, 0.2) is 14.6 Å². The lowest BCUT2D eigenvalue weighted by molar-refractivity contribution is 0.441. The number of nitrogens with one attached hydrogen (secondary N) is 1. The highest BCUT2D eigenvalue weighted by atomic mass is 32.2. The monoisotopic (exact) mass is 268 g/mol. The average molecular weight is 268 g/mol. The van der Waals surface area contributed by atoms with Crippen LogP contribution in [-0.4, -0.2) is 26.3 Å². The first-order valence-electron chi connectivity index (χ1n) is 5.65. The van der Waals surface area contributed by atoms with Crippen LogP contribution in [0.1, 0.15) is 12.8 Å². The van der Waals surface area contributed by atoms with Gasteiger partial charge in [0.05, 0.1) is 6.07 Å². The van der Waals surface area contributed by atoms with E-state index in [1.807, 2.05) is 6.07 Å². The van der Waals surface area contributed by atoms with Gasteiger partial charge in [0.1, 0.15) is 10.7 Å². The molecule has 4 nitrogen and oxygen atoms in total. The number of hydrogen-bond donors (Lipinski definition) is 1. The minimum absolute atomic E-state index is 0.181. The van der Waals surface area contributed by atoms with Crippen molar-refractivity contribution in [2.75, 3.05) is 13.1 Å². The van der Waals surface area contributed by atoms with Gasteiger partial charge in [-0.2, -0.15) is 5.26 Å². The molecule has 1 fully saturated rings. The molecule has 6 heteroatoms. The van der Waals surface area contributed by atoms with E-state index in [9.17, 15) is 18.1 Å². The molecule has 1 saturated heterocycles. The zero-order valence-corrected chi connectivity index (χ0v) is 10.5. The maximum absolute atomic E-state index is 13.6. The number of nitriles is 1. The Morgan fingerprint density at radius 1 is 1.28 bits per heavy atom. The minimum atomic E-state index is -3.98. The molecule has 1 heterocycles. The lowest BCUT2D eigenvalue weighted by atomic mass is 9.99. The summed E-state index contributed by atoms with van der Waals surface area (Å²) in [5.74, 6) is -0.800. The molecule has 0 aliphatic carbocycles. The van der Waals surface area contributed by atoms with Crippen LogP contribution in [0.25, 0.3) is 0 Å². The van der Waals surface area contributed by atoms with Crippen molar-refractivity contribution in [2.24, 2.45) is 0 Å².